The Labute approximate surface area is 131 Å². The summed E-state index contributed by atoms with van der Waals surface area (Å²) in [7, 11) is 0. The highest BCUT2D eigenvalue weighted by molar-refractivity contribution is 7.16. The van der Waals surface area contributed by atoms with Crippen molar-refractivity contribution in [2.24, 2.45) is 0 Å². The van der Waals surface area contributed by atoms with Gasteiger partial charge >= 0.3 is 0 Å². The molecule has 0 radical (unpaired) electrons. The van der Waals surface area contributed by atoms with Crippen molar-refractivity contribution in [3.63, 3.8) is 0 Å². The van der Waals surface area contributed by atoms with Crippen LogP contribution in [0.5, 0.6) is 0 Å². The molecule has 1 atom stereocenters. The highest BCUT2D eigenvalue weighted by Gasteiger charge is 2.09. The predicted octanol–water partition coefficient (Wildman–Crippen LogP) is 3.80. The molecule has 1 unspecified atom stereocenters. The number of nitrogens with zero attached hydrogens (tertiary/aromatic N) is 2. The summed E-state index contributed by atoms with van der Waals surface area (Å²) < 4.78 is 1.15. The van der Waals surface area contributed by atoms with Gasteiger partial charge in [-0.2, -0.15) is 0 Å². The van der Waals surface area contributed by atoms with E-state index in [2.05, 4.69) is 48.1 Å². The summed E-state index contributed by atoms with van der Waals surface area (Å²) >= 11 is 1.63. The Morgan fingerprint density at radius 2 is 2.10 bits per heavy atom. The molecule has 116 valence electrons. The first kappa shape index (κ1) is 16.0. The minimum Gasteiger partial charge on any atom is -0.395 e. The van der Waals surface area contributed by atoms with E-state index in [4.69, 9.17) is 5.73 Å². The van der Waals surface area contributed by atoms with Crippen molar-refractivity contribution in [2.45, 2.75) is 39.7 Å². The van der Waals surface area contributed by atoms with Crippen molar-refractivity contribution in [2.75, 3.05) is 30.7 Å². The third-order valence-electron chi connectivity index (χ3n) is 3.95. The Morgan fingerprint density at radius 1 is 1.33 bits per heavy atom. The van der Waals surface area contributed by atoms with E-state index in [1.165, 1.54) is 13.0 Å². The molecule has 0 aliphatic rings. The second-order valence-electron chi connectivity index (χ2n) is 5.44. The molecule has 5 heteroatoms. The minimum atomic E-state index is 0.416. The van der Waals surface area contributed by atoms with Gasteiger partial charge in [-0.1, -0.05) is 13.8 Å². The number of aromatic nitrogens is 1. The highest BCUT2D eigenvalue weighted by Crippen LogP contribution is 2.30. The quantitative estimate of drug-likeness (QED) is 0.728. The molecule has 1 heterocycles. The largest absolute Gasteiger partial charge is 0.395 e. The molecular formula is C16H26N4S. The molecule has 0 aliphatic carbocycles. The van der Waals surface area contributed by atoms with Crippen molar-refractivity contribution < 1.29 is 0 Å². The van der Waals surface area contributed by atoms with E-state index in [0.717, 1.165) is 41.1 Å². The molecule has 0 saturated heterocycles. The van der Waals surface area contributed by atoms with Gasteiger partial charge < -0.3 is 16.0 Å². The van der Waals surface area contributed by atoms with Crippen LogP contribution in [0.1, 0.15) is 33.6 Å². The molecular weight excluding hydrogens is 280 g/mol. The van der Waals surface area contributed by atoms with Crippen LogP contribution in [-0.4, -0.2) is 35.6 Å². The summed E-state index contributed by atoms with van der Waals surface area (Å²) in [6.07, 6.45) is 2.35. The van der Waals surface area contributed by atoms with Crippen LogP contribution in [0.3, 0.4) is 0 Å². The van der Waals surface area contributed by atoms with Crippen LogP contribution < -0.4 is 11.1 Å². The summed E-state index contributed by atoms with van der Waals surface area (Å²) in [6.45, 7) is 10.1. The Hall–Kier alpha value is -1.33. The maximum Gasteiger partial charge on any atom is 0.106 e. The molecule has 4 nitrogen and oxygen atoms in total. The molecule has 3 N–H and O–H groups in total. The smallest absolute Gasteiger partial charge is 0.106 e. The van der Waals surface area contributed by atoms with Crippen molar-refractivity contribution in [1.82, 2.24) is 9.88 Å². The fourth-order valence-corrected chi connectivity index (χ4v) is 3.27. The Morgan fingerprint density at radius 3 is 2.81 bits per heavy atom. The maximum atomic E-state index is 6.21. The van der Waals surface area contributed by atoms with Gasteiger partial charge in [0.1, 0.15) is 5.52 Å². The summed E-state index contributed by atoms with van der Waals surface area (Å²) in [5, 5.41) is 3.52. The van der Waals surface area contributed by atoms with Crippen LogP contribution in [0.25, 0.3) is 10.2 Å². The normalized spacial score (nSPS) is 13.0. The van der Waals surface area contributed by atoms with Crippen LogP contribution in [-0.2, 0) is 0 Å². The second-order valence-corrected chi connectivity index (χ2v) is 6.33. The fraction of sp³-hybridized carbons (Fsp3) is 0.562. The minimum absolute atomic E-state index is 0.416. The lowest BCUT2D eigenvalue weighted by Gasteiger charge is -2.20. The Kier molecular flexibility index (Phi) is 5.82. The van der Waals surface area contributed by atoms with Crippen LogP contribution in [0.2, 0.25) is 0 Å². The van der Waals surface area contributed by atoms with Crippen molar-refractivity contribution in [1.29, 1.82) is 0 Å². The van der Waals surface area contributed by atoms with Crippen LogP contribution in [0, 0.1) is 0 Å². The molecule has 0 spiro atoms. The number of anilines is 2. The summed E-state index contributed by atoms with van der Waals surface area (Å²) in [4.78, 5) is 6.80. The van der Waals surface area contributed by atoms with E-state index >= 15 is 0 Å². The van der Waals surface area contributed by atoms with Gasteiger partial charge in [-0.05, 0) is 51.5 Å². The summed E-state index contributed by atoms with van der Waals surface area (Å²) in [5.74, 6) is 0. The number of nitrogen functional groups attached to an aromatic ring is 1. The molecule has 2 aromatic rings. The standard InChI is InChI=1S/C16H26N4S/c1-4-20(5-2)10-6-7-12(3)19-13-8-9-14-16(15(13)17)18-11-21-14/h8-9,11-12,19H,4-7,10,17H2,1-3H3. The summed E-state index contributed by atoms with van der Waals surface area (Å²) in [6, 6.07) is 4.57. The van der Waals surface area contributed by atoms with Gasteiger partial charge in [-0.3, -0.25) is 0 Å². The van der Waals surface area contributed by atoms with Gasteiger partial charge in [0.25, 0.3) is 0 Å². The van der Waals surface area contributed by atoms with Gasteiger partial charge in [-0.25, -0.2) is 4.98 Å². The molecule has 1 aromatic heterocycles. The molecule has 0 bridgehead atoms. The molecule has 0 saturated carbocycles. The van der Waals surface area contributed by atoms with Crippen molar-refractivity contribution in [3.8, 4) is 0 Å². The first-order valence-electron chi connectivity index (χ1n) is 7.76. The number of benzene rings is 1. The number of nitrogens with two attached hydrogens (primary N) is 1. The average Bonchev–Trinajstić information content (AvgIpc) is 2.96. The predicted molar refractivity (Wildman–Crippen MR) is 94.1 cm³/mol. The average molecular weight is 306 g/mol. The molecule has 1 aromatic carbocycles. The van der Waals surface area contributed by atoms with Gasteiger partial charge in [0.2, 0.25) is 0 Å². The SMILES string of the molecule is CCN(CC)CCCC(C)Nc1ccc2scnc2c1N. The number of nitrogens with one attached hydrogen (secondary N) is 1. The lowest BCUT2D eigenvalue weighted by atomic mass is 10.1. The molecule has 0 amide bonds. The number of fused-ring (bicyclic) bond motifs is 1. The van der Waals surface area contributed by atoms with E-state index in [1.54, 1.807) is 11.3 Å². The lowest BCUT2D eigenvalue weighted by Crippen LogP contribution is -2.25. The fourth-order valence-electron chi connectivity index (χ4n) is 2.58. The summed E-state index contributed by atoms with van der Waals surface area (Å²) in [5.41, 5.74) is 10.7. The lowest BCUT2D eigenvalue weighted by molar-refractivity contribution is 0.295. The number of thiazole rings is 1. The van der Waals surface area contributed by atoms with E-state index in [0.29, 0.717) is 6.04 Å². The third kappa shape index (κ3) is 4.08. The Balaban J connectivity index is 1.89. The number of hydrogen-bond acceptors (Lipinski definition) is 5. The van der Waals surface area contributed by atoms with Crippen LogP contribution in [0.4, 0.5) is 11.4 Å². The van der Waals surface area contributed by atoms with Gasteiger partial charge in [0.05, 0.1) is 21.6 Å². The number of hydrogen-bond donors (Lipinski definition) is 2. The zero-order valence-corrected chi connectivity index (χ0v) is 14.0. The van der Waals surface area contributed by atoms with E-state index in [9.17, 15) is 0 Å². The van der Waals surface area contributed by atoms with E-state index < -0.39 is 0 Å². The topological polar surface area (TPSA) is 54.2 Å². The molecule has 21 heavy (non-hydrogen) atoms. The maximum absolute atomic E-state index is 6.21. The third-order valence-corrected chi connectivity index (χ3v) is 4.74. The molecule has 0 fully saturated rings. The molecule has 0 aliphatic heterocycles. The van der Waals surface area contributed by atoms with E-state index in [-0.39, 0.29) is 0 Å². The van der Waals surface area contributed by atoms with Crippen molar-refractivity contribution >= 4 is 32.9 Å². The molecule has 2 rings (SSSR count). The first-order valence-corrected chi connectivity index (χ1v) is 8.64. The second kappa shape index (κ2) is 7.61. The number of rotatable bonds is 8. The zero-order valence-electron chi connectivity index (χ0n) is 13.2. The highest BCUT2D eigenvalue weighted by atomic mass is 32.1. The van der Waals surface area contributed by atoms with Gasteiger partial charge in [0.15, 0.2) is 0 Å². The first-order chi connectivity index (χ1) is 10.2. The van der Waals surface area contributed by atoms with Gasteiger partial charge in [0, 0.05) is 6.04 Å². The van der Waals surface area contributed by atoms with Gasteiger partial charge in [-0.15, -0.1) is 11.3 Å². The monoisotopic (exact) mass is 306 g/mol. The Bertz CT molecular complexity index is 562. The zero-order chi connectivity index (χ0) is 15.2. The van der Waals surface area contributed by atoms with E-state index in [1.807, 2.05) is 5.51 Å². The van der Waals surface area contributed by atoms with Crippen molar-refractivity contribution in [3.05, 3.63) is 17.6 Å². The van der Waals surface area contributed by atoms with Crippen LogP contribution >= 0.6 is 11.3 Å². The van der Waals surface area contributed by atoms with Crippen LogP contribution in [0.15, 0.2) is 17.6 Å².